The lowest BCUT2D eigenvalue weighted by Gasteiger charge is -2.32. The molecule has 6 heteroatoms. The molecule has 2 rings (SSSR count). The van der Waals surface area contributed by atoms with Crippen molar-refractivity contribution in [2.24, 2.45) is 5.73 Å². The maximum atomic E-state index is 13.6. The number of carbonyl (C=O) groups is 1. The zero-order valence-electron chi connectivity index (χ0n) is 11.3. The number of likely N-dealkylation sites (tertiary alicyclic amines) is 1. The molecule has 4 N–H and O–H groups in total. The molecule has 0 spiro atoms. The number of nitrogens with zero attached hydrogens (tertiary/aromatic N) is 1. The van der Waals surface area contributed by atoms with Crippen molar-refractivity contribution in [3.8, 4) is 5.75 Å². The average molecular weight is 281 g/mol. The average Bonchev–Trinajstić information content (AvgIpc) is 2.41. The number of phenolic OH excluding ortho intramolecular Hbond substituents is 1. The number of rotatable bonds is 4. The molecule has 20 heavy (non-hydrogen) atoms. The molecule has 1 saturated heterocycles. The first-order valence-electron chi connectivity index (χ1n) is 6.82. The second kappa shape index (κ2) is 6.67. The Morgan fingerprint density at radius 1 is 1.45 bits per heavy atom. The second-order valence-corrected chi connectivity index (χ2v) is 5.04. The van der Waals surface area contributed by atoms with E-state index in [0.717, 1.165) is 38.5 Å². The Bertz CT molecular complexity index is 473. The van der Waals surface area contributed by atoms with Crippen LogP contribution in [0.1, 0.15) is 23.2 Å². The molecule has 0 radical (unpaired) electrons. The first-order chi connectivity index (χ1) is 9.60. The van der Waals surface area contributed by atoms with E-state index in [2.05, 4.69) is 10.2 Å². The Morgan fingerprint density at radius 2 is 2.15 bits per heavy atom. The predicted octanol–water partition coefficient (Wildman–Crippen LogP) is 0.684. The summed E-state index contributed by atoms with van der Waals surface area (Å²) in [7, 11) is 0. The van der Waals surface area contributed by atoms with Gasteiger partial charge < -0.3 is 21.1 Å². The molecule has 1 aliphatic heterocycles. The Morgan fingerprint density at radius 3 is 2.75 bits per heavy atom. The van der Waals surface area contributed by atoms with E-state index in [9.17, 15) is 9.18 Å². The number of phenols is 1. The molecule has 1 fully saturated rings. The maximum Gasteiger partial charge on any atom is 0.254 e. The minimum Gasteiger partial charge on any atom is -0.508 e. The van der Waals surface area contributed by atoms with E-state index < -0.39 is 11.7 Å². The van der Waals surface area contributed by atoms with Gasteiger partial charge in [0.1, 0.15) is 11.6 Å². The third kappa shape index (κ3) is 3.68. The zero-order chi connectivity index (χ0) is 14.5. The van der Waals surface area contributed by atoms with Crippen LogP contribution < -0.4 is 11.1 Å². The highest BCUT2D eigenvalue weighted by atomic mass is 19.1. The van der Waals surface area contributed by atoms with Gasteiger partial charge >= 0.3 is 0 Å². The third-order valence-electron chi connectivity index (χ3n) is 3.57. The van der Waals surface area contributed by atoms with Crippen LogP contribution in [0.2, 0.25) is 0 Å². The Kier molecular flexibility index (Phi) is 4.92. The summed E-state index contributed by atoms with van der Waals surface area (Å²) in [4.78, 5) is 14.2. The molecule has 5 nitrogen and oxygen atoms in total. The molecular weight excluding hydrogens is 261 g/mol. The summed E-state index contributed by atoms with van der Waals surface area (Å²) in [6, 6.07) is 3.61. The van der Waals surface area contributed by atoms with E-state index in [-0.39, 0.29) is 17.4 Å². The van der Waals surface area contributed by atoms with Gasteiger partial charge in [-0.05, 0) is 25.0 Å². The van der Waals surface area contributed by atoms with Crippen molar-refractivity contribution in [1.29, 1.82) is 0 Å². The van der Waals surface area contributed by atoms with Gasteiger partial charge in [0, 0.05) is 38.3 Å². The van der Waals surface area contributed by atoms with Crippen LogP contribution in [0.4, 0.5) is 4.39 Å². The van der Waals surface area contributed by atoms with Gasteiger partial charge in [0.25, 0.3) is 5.91 Å². The van der Waals surface area contributed by atoms with Crippen LogP contribution in [0.15, 0.2) is 18.2 Å². The largest absolute Gasteiger partial charge is 0.508 e. The fourth-order valence-electron chi connectivity index (χ4n) is 2.43. The van der Waals surface area contributed by atoms with Gasteiger partial charge in [-0.25, -0.2) is 4.39 Å². The fraction of sp³-hybridized carbons (Fsp3) is 0.500. The molecular formula is C14H20FN3O2. The minimum atomic E-state index is -0.705. The monoisotopic (exact) mass is 281 g/mol. The molecule has 1 aliphatic rings. The molecule has 1 aromatic carbocycles. The number of halogens is 1. The highest BCUT2D eigenvalue weighted by Crippen LogP contribution is 2.16. The SMILES string of the molecule is NCCN1CCC(NC(=O)c2ccc(O)cc2F)CC1. The molecule has 1 amide bonds. The Balaban J connectivity index is 1.89. The summed E-state index contributed by atoms with van der Waals surface area (Å²) in [5, 5.41) is 12.0. The quantitative estimate of drug-likeness (QED) is 0.758. The lowest BCUT2D eigenvalue weighted by atomic mass is 10.0. The van der Waals surface area contributed by atoms with Gasteiger partial charge in [-0.3, -0.25) is 4.79 Å². The number of nitrogens with two attached hydrogens (primary N) is 1. The third-order valence-corrected chi connectivity index (χ3v) is 3.57. The van der Waals surface area contributed by atoms with E-state index in [1.807, 2.05) is 0 Å². The van der Waals surface area contributed by atoms with E-state index >= 15 is 0 Å². The maximum absolute atomic E-state index is 13.6. The van der Waals surface area contributed by atoms with Crippen molar-refractivity contribution in [3.63, 3.8) is 0 Å². The summed E-state index contributed by atoms with van der Waals surface area (Å²) >= 11 is 0. The lowest BCUT2D eigenvalue weighted by Crippen LogP contribution is -2.45. The van der Waals surface area contributed by atoms with Crippen LogP contribution in [-0.4, -0.2) is 48.1 Å². The summed E-state index contributed by atoms with van der Waals surface area (Å²) in [6.45, 7) is 3.28. The van der Waals surface area contributed by atoms with Crippen LogP contribution >= 0.6 is 0 Å². The first-order valence-corrected chi connectivity index (χ1v) is 6.82. The molecule has 0 atom stereocenters. The molecule has 0 bridgehead atoms. The summed E-state index contributed by atoms with van der Waals surface area (Å²) in [6.07, 6.45) is 1.68. The van der Waals surface area contributed by atoms with Crippen molar-refractivity contribution >= 4 is 5.91 Å². The smallest absolute Gasteiger partial charge is 0.254 e. The number of amides is 1. The molecule has 0 aromatic heterocycles. The van der Waals surface area contributed by atoms with Gasteiger partial charge in [-0.15, -0.1) is 0 Å². The van der Waals surface area contributed by atoms with Crippen molar-refractivity contribution in [1.82, 2.24) is 10.2 Å². The predicted molar refractivity (Wildman–Crippen MR) is 74.0 cm³/mol. The van der Waals surface area contributed by atoms with Crippen LogP contribution in [0, 0.1) is 5.82 Å². The number of aromatic hydroxyl groups is 1. The van der Waals surface area contributed by atoms with Gasteiger partial charge in [0.15, 0.2) is 0 Å². The van der Waals surface area contributed by atoms with Gasteiger partial charge in [0.05, 0.1) is 5.56 Å². The standard InChI is InChI=1S/C14H20FN3O2/c15-13-9-11(19)1-2-12(13)14(20)17-10-3-6-18(7-4-10)8-5-16/h1-2,9-10,19H,3-8,16H2,(H,17,20). The number of carbonyl (C=O) groups excluding carboxylic acids is 1. The number of benzene rings is 1. The van der Waals surface area contributed by atoms with Crippen LogP contribution in [0.5, 0.6) is 5.75 Å². The molecule has 0 unspecified atom stereocenters. The van der Waals surface area contributed by atoms with Crippen molar-refractivity contribution in [2.75, 3.05) is 26.2 Å². The second-order valence-electron chi connectivity index (χ2n) is 5.04. The van der Waals surface area contributed by atoms with E-state index in [0.29, 0.717) is 6.54 Å². The van der Waals surface area contributed by atoms with Gasteiger partial charge in [-0.2, -0.15) is 0 Å². The van der Waals surface area contributed by atoms with E-state index in [1.54, 1.807) is 0 Å². The highest BCUT2D eigenvalue weighted by Gasteiger charge is 2.21. The lowest BCUT2D eigenvalue weighted by molar-refractivity contribution is 0.0908. The highest BCUT2D eigenvalue weighted by molar-refractivity contribution is 5.94. The topological polar surface area (TPSA) is 78.6 Å². The van der Waals surface area contributed by atoms with E-state index in [4.69, 9.17) is 10.8 Å². The fourth-order valence-corrected chi connectivity index (χ4v) is 2.43. The van der Waals surface area contributed by atoms with E-state index in [1.165, 1.54) is 12.1 Å². The molecule has 1 aromatic rings. The molecule has 0 aliphatic carbocycles. The van der Waals surface area contributed by atoms with Crippen LogP contribution in [-0.2, 0) is 0 Å². The van der Waals surface area contributed by atoms with Crippen molar-refractivity contribution in [3.05, 3.63) is 29.6 Å². The number of hydrogen-bond donors (Lipinski definition) is 3. The number of piperidine rings is 1. The summed E-state index contributed by atoms with van der Waals surface area (Å²) < 4.78 is 13.6. The zero-order valence-corrected chi connectivity index (χ0v) is 11.3. The normalized spacial score (nSPS) is 17.1. The minimum absolute atomic E-state index is 0.0350. The van der Waals surface area contributed by atoms with Crippen molar-refractivity contribution < 1.29 is 14.3 Å². The van der Waals surface area contributed by atoms with Crippen molar-refractivity contribution in [2.45, 2.75) is 18.9 Å². The first kappa shape index (κ1) is 14.7. The molecule has 0 saturated carbocycles. The van der Waals surface area contributed by atoms with Crippen LogP contribution in [0.3, 0.4) is 0 Å². The Hall–Kier alpha value is -1.66. The molecule has 1 heterocycles. The summed E-state index contributed by atoms with van der Waals surface area (Å²) in [5.41, 5.74) is 5.47. The molecule has 110 valence electrons. The number of hydrogen-bond acceptors (Lipinski definition) is 4. The van der Waals surface area contributed by atoms with Gasteiger partial charge in [-0.1, -0.05) is 0 Å². The van der Waals surface area contributed by atoms with Crippen LogP contribution in [0.25, 0.3) is 0 Å². The summed E-state index contributed by atoms with van der Waals surface area (Å²) in [5.74, 6) is -1.32. The Labute approximate surface area is 117 Å². The number of nitrogens with one attached hydrogen (secondary N) is 1. The van der Waals surface area contributed by atoms with Gasteiger partial charge in [0.2, 0.25) is 0 Å².